The maximum Gasteiger partial charge on any atom is 0.212 e. The van der Waals surface area contributed by atoms with Gasteiger partial charge < -0.3 is 8.83 Å². The Hall–Kier alpha value is -4.96. The van der Waals surface area contributed by atoms with Gasteiger partial charge in [-0.2, -0.15) is 0 Å². The molecule has 0 atom stereocenters. The molecule has 0 radical (unpaired) electrons. The monoisotopic (exact) mass is 464 g/mol. The number of aromatic nitrogens is 2. The van der Waals surface area contributed by atoms with E-state index in [2.05, 4.69) is 106 Å². The van der Waals surface area contributed by atoms with Gasteiger partial charge in [0.05, 0.1) is 23.6 Å². The second kappa shape index (κ2) is 7.27. The SMILES string of the molecule is c1ccc(-c2cccc(-n3c4ccc(-n5c6ccccc6c6ccoc65)cc4c4ccoc43)c2)cc1. The molecule has 0 unspecified atom stereocenters. The van der Waals surface area contributed by atoms with Crippen molar-refractivity contribution in [2.75, 3.05) is 0 Å². The first-order chi connectivity index (χ1) is 17.9. The molecule has 4 aromatic heterocycles. The van der Waals surface area contributed by atoms with Gasteiger partial charge >= 0.3 is 0 Å². The third kappa shape index (κ3) is 2.64. The lowest BCUT2D eigenvalue weighted by atomic mass is 10.1. The average Bonchev–Trinajstić information content (AvgIpc) is 3.70. The maximum atomic E-state index is 6.03. The van der Waals surface area contributed by atoms with Crippen molar-refractivity contribution in [3.63, 3.8) is 0 Å². The van der Waals surface area contributed by atoms with Crippen LogP contribution in [0.25, 0.3) is 66.5 Å². The number of rotatable bonds is 3. The van der Waals surface area contributed by atoms with Crippen LogP contribution in [0.1, 0.15) is 0 Å². The Morgan fingerprint density at radius 1 is 0.417 bits per heavy atom. The van der Waals surface area contributed by atoms with Crippen LogP contribution in [-0.4, -0.2) is 9.13 Å². The largest absolute Gasteiger partial charge is 0.447 e. The van der Waals surface area contributed by atoms with E-state index >= 15 is 0 Å². The van der Waals surface area contributed by atoms with E-state index in [1.165, 1.54) is 16.5 Å². The summed E-state index contributed by atoms with van der Waals surface area (Å²) in [6, 6.07) is 38.2. The number of fused-ring (bicyclic) bond motifs is 6. The topological polar surface area (TPSA) is 36.1 Å². The Bertz CT molecular complexity index is 2050. The summed E-state index contributed by atoms with van der Waals surface area (Å²) in [7, 11) is 0. The smallest absolute Gasteiger partial charge is 0.212 e. The van der Waals surface area contributed by atoms with E-state index in [-0.39, 0.29) is 0 Å². The third-order valence-corrected chi connectivity index (χ3v) is 7.11. The molecule has 0 spiro atoms. The highest BCUT2D eigenvalue weighted by Gasteiger charge is 2.19. The fraction of sp³-hybridized carbons (Fsp3) is 0. The lowest BCUT2D eigenvalue weighted by molar-refractivity contribution is 0.595. The Kier molecular flexibility index (Phi) is 3.91. The molecule has 0 fully saturated rings. The van der Waals surface area contributed by atoms with Crippen molar-refractivity contribution >= 4 is 44.0 Å². The van der Waals surface area contributed by atoms with Crippen molar-refractivity contribution in [1.29, 1.82) is 0 Å². The first kappa shape index (κ1) is 19.4. The molecule has 0 N–H and O–H groups in total. The number of hydrogen-bond acceptors (Lipinski definition) is 2. The Morgan fingerprint density at radius 3 is 1.86 bits per heavy atom. The molecule has 36 heavy (non-hydrogen) atoms. The molecular formula is C32H20N2O2. The van der Waals surface area contributed by atoms with Crippen LogP contribution in [-0.2, 0) is 0 Å². The first-order valence-corrected chi connectivity index (χ1v) is 12.0. The van der Waals surface area contributed by atoms with Gasteiger partial charge in [-0.15, -0.1) is 0 Å². The van der Waals surface area contributed by atoms with Crippen molar-refractivity contribution in [3.8, 4) is 22.5 Å². The van der Waals surface area contributed by atoms with Gasteiger partial charge in [0.15, 0.2) is 0 Å². The molecule has 8 aromatic rings. The van der Waals surface area contributed by atoms with Crippen LogP contribution in [0.15, 0.2) is 131 Å². The number of hydrogen-bond donors (Lipinski definition) is 0. The standard InChI is InChI=1S/C32H20N2O2/c1-2-7-21(8-3-1)22-9-6-10-23(19-22)33-30-14-13-24(20-28(30)27-16-18-36-32(27)33)34-29-12-5-4-11-25(29)26-15-17-35-31(26)34/h1-20H. The predicted octanol–water partition coefficient (Wildman–Crippen LogP) is 8.73. The quantitative estimate of drug-likeness (QED) is 0.262. The molecule has 0 aliphatic heterocycles. The highest BCUT2D eigenvalue weighted by molar-refractivity contribution is 6.10. The van der Waals surface area contributed by atoms with Gasteiger partial charge in [-0.05, 0) is 59.7 Å². The summed E-state index contributed by atoms with van der Waals surface area (Å²) in [5.41, 5.74) is 8.42. The van der Waals surface area contributed by atoms with Crippen molar-refractivity contribution in [2.24, 2.45) is 0 Å². The van der Waals surface area contributed by atoms with E-state index in [4.69, 9.17) is 8.83 Å². The van der Waals surface area contributed by atoms with Crippen LogP contribution >= 0.6 is 0 Å². The predicted molar refractivity (Wildman–Crippen MR) is 145 cm³/mol. The first-order valence-electron chi connectivity index (χ1n) is 12.0. The minimum absolute atomic E-state index is 0.841. The number of nitrogens with zero attached hydrogens (tertiary/aromatic N) is 2. The lowest BCUT2D eigenvalue weighted by Gasteiger charge is -2.10. The van der Waals surface area contributed by atoms with Crippen LogP contribution in [0.4, 0.5) is 0 Å². The van der Waals surface area contributed by atoms with Crippen LogP contribution in [0, 0.1) is 0 Å². The molecule has 4 heterocycles. The van der Waals surface area contributed by atoms with Crippen LogP contribution in [0.3, 0.4) is 0 Å². The second-order valence-electron chi connectivity index (χ2n) is 9.08. The third-order valence-electron chi connectivity index (χ3n) is 7.11. The fourth-order valence-electron chi connectivity index (χ4n) is 5.52. The van der Waals surface area contributed by atoms with Gasteiger partial charge in [0, 0.05) is 32.9 Å². The molecule has 0 saturated carbocycles. The molecule has 8 rings (SSSR count). The molecule has 170 valence electrons. The van der Waals surface area contributed by atoms with E-state index in [0.29, 0.717) is 0 Å². The number of para-hydroxylation sites is 1. The molecule has 0 aliphatic rings. The van der Waals surface area contributed by atoms with Gasteiger partial charge in [-0.25, -0.2) is 0 Å². The molecule has 0 bridgehead atoms. The molecule has 0 amide bonds. The van der Waals surface area contributed by atoms with E-state index in [1.54, 1.807) is 12.5 Å². The Labute approximate surface area is 206 Å². The van der Waals surface area contributed by atoms with Crippen LogP contribution in [0.2, 0.25) is 0 Å². The van der Waals surface area contributed by atoms with Crippen molar-refractivity contribution in [2.45, 2.75) is 0 Å². The zero-order chi connectivity index (χ0) is 23.6. The number of furan rings is 2. The van der Waals surface area contributed by atoms with Crippen LogP contribution in [0.5, 0.6) is 0 Å². The van der Waals surface area contributed by atoms with Crippen molar-refractivity contribution < 1.29 is 8.83 Å². The van der Waals surface area contributed by atoms with Crippen LogP contribution < -0.4 is 0 Å². The molecular weight excluding hydrogens is 444 g/mol. The van der Waals surface area contributed by atoms with Gasteiger partial charge in [-0.1, -0.05) is 60.7 Å². The Morgan fingerprint density at radius 2 is 1.06 bits per heavy atom. The fourth-order valence-corrected chi connectivity index (χ4v) is 5.52. The van der Waals surface area contributed by atoms with E-state index in [1.807, 2.05) is 12.1 Å². The average molecular weight is 465 g/mol. The normalized spacial score (nSPS) is 11.9. The van der Waals surface area contributed by atoms with Gasteiger partial charge in [0.25, 0.3) is 0 Å². The molecule has 0 aliphatic carbocycles. The minimum Gasteiger partial charge on any atom is -0.447 e. The van der Waals surface area contributed by atoms with Crippen molar-refractivity contribution in [1.82, 2.24) is 9.13 Å². The summed E-state index contributed by atoms with van der Waals surface area (Å²) in [5, 5.41) is 4.53. The lowest BCUT2D eigenvalue weighted by Crippen LogP contribution is -1.95. The summed E-state index contributed by atoms with van der Waals surface area (Å²) in [5.74, 6) is 0. The maximum absolute atomic E-state index is 6.03. The van der Waals surface area contributed by atoms with E-state index in [9.17, 15) is 0 Å². The molecule has 4 nitrogen and oxygen atoms in total. The van der Waals surface area contributed by atoms with E-state index in [0.717, 1.165) is 50.0 Å². The van der Waals surface area contributed by atoms with Crippen molar-refractivity contribution in [3.05, 3.63) is 122 Å². The summed E-state index contributed by atoms with van der Waals surface area (Å²) in [6.07, 6.45) is 3.53. The summed E-state index contributed by atoms with van der Waals surface area (Å²) >= 11 is 0. The highest BCUT2D eigenvalue weighted by atomic mass is 16.3. The highest BCUT2D eigenvalue weighted by Crippen LogP contribution is 2.37. The molecule has 0 saturated heterocycles. The van der Waals surface area contributed by atoms with E-state index < -0.39 is 0 Å². The van der Waals surface area contributed by atoms with Gasteiger partial charge in [-0.3, -0.25) is 9.13 Å². The summed E-state index contributed by atoms with van der Waals surface area (Å²) in [6.45, 7) is 0. The molecule has 4 heteroatoms. The number of benzene rings is 4. The Balaban J connectivity index is 1.38. The van der Waals surface area contributed by atoms with Gasteiger partial charge in [0.2, 0.25) is 11.4 Å². The zero-order valence-electron chi connectivity index (χ0n) is 19.3. The summed E-state index contributed by atoms with van der Waals surface area (Å²) in [4.78, 5) is 0. The summed E-state index contributed by atoms with van der Waals surface area (Å²) < 4.78 is 16.4. The zero-order valence-corrected chi connectivity index (χ0v) is 19.3. The van der Waals surface area contributed by atoms with Gasteiger partial charge in [0.1, 0.15) is 0 Å². The minimum atomic E-state index is 0.841. The molecule has 4 aromatic carbocycles. The second-order valence-corrected chi connectivity index (χ2v) is 9.08.